The first-order valence-corrected chi connectivity index (χ1v) is 13.8. The first-order chi connectivity index (χ1) is 16.4. The molecular weight excluding hydrogens is 428 g/mol. The number of fused-ring (bicyclic) bond motifs is 5. The molecule has 1 aromatic rings. The number of carbonyl (C=O) groups is 1. The van der Waals surface area contributed by atoms with Crippen molar-refractivity contribution >= 4 is 5.78 Å². The number of ketones is 1. The second kappa shape index (κ2) is 8.67. The summed E-state index contributed by atoms with van der Waals surface area (Å²) in [6, 6.07) is 0. The minimum atomic E-state index is -0.237. The van der Waals surface area contributed by atoms with E-state index in [9.17, 15) is 9.90 Å². The Kier molecular flexibility index (Phi) is 5.89. The summed E-state index contributed by atoms with van der Waals surface area (Å²) < 4.78 is 7.83. The van der Waals surface area contributed by atoms with Gasteiger partial charge in [-0.05, 0) is 85.9 Å². The van der Waals surface area contributed by atoms with Gasteiger partial charge in [0.25, 0.3) is 0 Å². The Balaban J connectivity index is 1.21. The maximum Gasteiger partial charge on any atom is 0.157 e. The van der Waals surface area contributed by atoms with Crippen molar-refractivity contribution in [2.24, 2.45) is 46.3 Å². The molecular formula is C27H42N4O3. The standard InChI is InChI=1S/C27H42N4O3/c1-26-8-7-21-18(20(26)5-6-22(26)24(33)14-31-16-29-15-30-31)4-3-17-11-23(32)19(12-27(17,21)2)25-13-28-9-10-34-25/h15-23,25,28,32H,3-14H2,1-2H3/t17-,18-,19-,20-,21-,22+,23-,25?,26-,27-/m0/s1. The molecule has 0 bridgehead atoms. The fourth-order valence-corrected chi connectivity index (χ4v) is 9.70. The van der Waals surface area contributed by atoms with Gasteiger partial charge in [0.15, 0.2) is 5.78 Å². The zero-order valence-electron chi connectivity index (χ0n) is 20.9. The SMILES string of the molecule is C[C@]12C[C@H](C3CNCCO3)[C@@H](O)C[C@@H]1CC[C@@H]1[C@@H]2CC[C@]2(C)[C@@H](C(=O)Cn3cncn3)CC[C@@H]12. The van der Waals surface area contributed by atoms with Crippen LogP contribution < -0.4 is 5.32 Å². The summed E-state index contributed by atoms with van der Waals surface area (Å²) in [5.41, 5.74) is 0.393. The molecule has 10 atom stereocenters. The van der Waals surface area contributed by atoms with E-state index in [0.29, 0.717) is 36.0 Å². The van der Waals surface area contributed by atoms with Crippen molar-refractivity contribution in [2.75, 3.05) is 19.7 Å². The second-order valence-electron chi connectivity index (χ2n) is 12.7. The van der Waals surface area contributed by atoms with Crippen molar-refractivity contribution in [1.29, 1.82) is 0 Å². The van der Waals surface area contributed by atoms with Gasteiger partial charge < -0.3 is 15.2 Å². The molecule has 1 unspecified atom stereocenters. The summed E-state index contributed by atoms with van der Waals surface area (Å²) in [4.78, 5) is 17.4. The zero-order valence-corrected chi connectivity index (χ0v) is 20.9. The van der Waals surface area contributed by atoms with Crippen LogP contribution in [0.15, 0.2) is 12.7 Å². The van der Waals surface area contributed by atoms with Gasteiger partial charge in [0.1, 0.15) is 19.2 Å². The van der Waals surface area contributed by atoms with E-state index >= 15 is 0 Å². The Labute approximate surface area is 203 Å². The normalized spacial score (nSPS) is 48.6. The van der Waals surface area contributed by atoms with Crippen molar-refractivity contribution in [3.8, 4) is 0 Å². The Morgan fingerprint density at radius 1 is 1.15 bits per heavy atom. The largest absolute Gasteiger partial charge is 0.393 e. The smallest absolute Gasteiger partial charge is 0.157 e. The summed E-state index contributed by atoms with van der Waals surface area (Å²) >= 11 is 0. The molecule has 6 rings (SSSR count). The monoisotopic (exact) mass is 470 g/mol. The van der Waals surface area contributed by atoms with Crippen molar-refractivity contribution < 1.29 is 14.6 Å². The number of hydrogen-bond acceptors (Lipinski definition) is 6. The van der Waals surface area contributed by atoms with Gasteiger partial charge in [-0.25, -0.2) is 9.67 Å². The van der Waals surface area contributed by atoms with Gasteiger partial charge in [-0.2, -0.15) is 5.10 Å². The number of aromatic nitrogens is 3. The lowest BCUT2D eigenvalue weighted by atomic mass is 9.43. The molecule has 1 aliphatic heterocycles. The molecule has 0 aromatic carbocycles. The predicted molar refractivity (Wildman–Crippen MR) is 128 cm³/mol. The number of hydrogen-bond donors (Lipinski definition) is 2. The maximum atomic E-state index is 13.3. The molecule has 1 aromatic heterocycles. The number of rotatable bonds is 4. The predicted octanol–water partition coefficient (Wildman–Crippen LogP) is 3.08. The molecule has 7 nitrogen and oxygen atoms in total. The highest BCUT2D eigenvalue weighted by Crippen LogP contribution is 2.68. The summed E-state index contributed by atoms with van der Waals surface area (Å²) in [7, 11) is 0. The lowest BCUT2D eigenvalue weighted by molar-refractivity contribution is -0.167. The van der Waals surface area contributed by atoms with Crippen molar-refractivity contribution in [3.05, 3.63) is 12.7 Å². The third-order valence-electron chi connectivity index (χ3n) is 11.4. The summed E-state index contributed by atoms with van der Waals surface area (Å²) in [5, 5.41) is 18.8. The Morgan fingerprint density at radius 2 is 2.00 bits per heavy atom. The lowest BCUT2D eigenvalue weighted by Crippen LogP contribution is -2.58. The molecule has 0 spiro atoms. The van der Waals surface area contributed by atoms with Crippen LogP contribution in [0.4, 0.5) is 0 Å². The third-order valence-corrected chi connectivity index (χ3v) is 11.4. The summed E-state index contributed by atoms with van der Waals surface area (Å²) in [6.07, 6.45) is 12.2. The summed E-state index contributed by atoms with van der Waals surface area (Å²) in [6.45, 7) is 7.87. The average molecular weight is 471 g/mol. The number of ether oxygens (including phenoxy) is 1. The summed E-state index contributed by atoms with van der Waals surface area (Å²) in [5.74, 6) is 3.42. The molecule has 7 heteroatoms. The molecule has 4 aliphatic carbocycles. The molecule has 0 amide bonds. The van der Waals surface area contributed by atoms with Gasteiger partial charge in [0, 0.05) is 24.9 Å². The van der Waals surface area contributed by atoms with Gasteiger partial charge in [-0.15, -0.1) is 0 Å². The third kappa shape index (κ3) is 3.60. The van der Waals surface area contributed by atoms with Crippen molar-refractivity contribution in [3.63, 3.8) is 0 Å². The van der Waals surface area contributed by atoms with Gasteiger partial charge in [-0.1, -0.05) is 13.8 Å². The average Bonchev–Trinajstić information content (AvgIpc) is 3.46. The molecule has 188 valence electrons. The number of nitrogens with one attached hydrogen (secondary N) is 1. The van der Waals surface area contributed by atoms with E-state index in [2.05, 4.69) is 29.2 Å². The minimum absolute atomic E-state index is 0.117. The topological polar surface area (TPSA) is 89.3 Å². The number of morpholine rings is 1. The van der Waals surface area contributed by atoms with Crippen LogP contribution in [0.2, 0.25) is 0 Å². The van der Waals surface area contributed by atoms with Crippen molar-refractivity contribution in [2.45, 2.75) is 84.0 Å². The van der Waals surface area contributed by atoms with Crippen LogP contribution in [0.1, 0.15) is 65.2 Å². The van der Waals surface area contributed by atoms with Crippen LogP contribution in [-0.2, 0) is 16.1 Å². The number of nitrogens with zero attached hydrogens (tertiary/aromatic N) is 3. The number of aliphatic hydroxyl groups excluding tert-OH is 1. The van der Waals surface area contributed by atoms with Crippen LogP contribution in [-0.4, -0.2) is 57.6 Å². The molecule has 34 heavy (non-hydrogen) atoms. The first-order valence-electron chi connectivity index (χ1n) is 13.8. The van der Waals surface area contributed by atoms with Crippen LogP contribution >= 0.6 is 0 Å². The van der Waals surface area contributed by atoms with E-state index in [-0.39, 0.29) is 34.9 Å². The van der Waals surface area contributed by atoms with E-state index in [4.69, 9.17) is 4.74 Å². The number of carbonyl (C=O) groups excluding carboxylic acids is 1. The Morgan fingerprint density at radius 3 is 2.76 bits per heavy atom. The van der Waals surface area contributed by atoms with Gasteiger partial charge in [0.05, 0.1) is 18.8 Å². The molecule has 0 radical (unpaired) electrons. The quantitative estimate of drug-likeness (QED) is 0.703. The number of Topliss-reactive ketones (excluding diaryl/α,β-unsaturated/α-hetero) is 1. The van der Waals surface area contributed by atoms with E-state index in [1.165, 1.54) is 32.0 Å². The highest BCUT2D eigenvalue weighted by atomic mass is 16.5. The first kappa shape index (κ1) is 23.1. The van der Waals surface area contributed by atoms with Gasteiger partial charge in [0.2, 0.25) is 0 Å². The van der Waals surface area contributed by atoms with Gasteiger partial charge in [-0.3, -0.25) is 4.79 Å². The van der Waals surface area contributed by atoms with E-state index in [0.717, 1.165) is 45.4 Å². The highest BCUT2D eigenvalue weighted by molar-refractivity contribution is 5.82. The molecule has 2 N–H and O–H groups in total. The fraction of sp³-hybridized carbons (Fsp3) is 0.889. The molecule has 5 aliphatic rings. The van der Waals surface area contributed by atoms with Crippen LogP contribution in [0, 0.1) is 46.3 Å². The van der Waals surface area contributed by atoms with Crippen LogP contribution in [0.25, 0.3) is 0 Å². The lowest BCUT2D eigenvalue weighted by Gasteiger charge is -2.62. The highest BCUT2D eigenvalue weighted by Gasteiger charge is 2.62. The van der Waals surface area contributed by atoms with Crippen molar-refractivity contribution in [1.82, 2.24) is 20.1 Å². The maximum absolute atomic E-state index is 13.3. The Hall–Kier alpha value is -1.31. The minimum Gasteiger partial charge on any atom is -0.393 e. The van der Waals surface area contributed by atoms with E-state index < -0.39 is 0 Å². The van der Waals surface area contributed by atoms with E-state index in [1.54, 1.807) is 11.0 Å². The molecule has 4 saturated carbocycles. The van der Waals surface area contributed by atoms with E-state index in [1.807, 2.05) is 0 Å². The molecule has 5 fully saturated rings. The van der Waals surface area contributed by atoms with Gasteiger partial charge >= 0.3 is 0 Å². The molecule has 2 heterocycles. The second-order valence-corrected chi connectivity index (χ2v) is 12.7. The van der Waals surface area contributed by atoms with Crippen LogP contribution in [0.5, 0.6) is 0 Å². The van der Waals surface area contributed by atoms with Crippen LogP contribution in [0.3, 0.4) is 0 Å². The zero-order chi connectivity index (χ0) is 23.5. The number of aliphatic hydroxyl groups is 1. The molecule has 1 saturated heterocycles. The fourth-order valence-electron chi connectivity index (χ4n) is 9.70. The Bertz CT molecular complexity index is 886.